The van der Waals surface area contributed by atoms with Crippen molar-refractivity contribution < 1.29 is 4.74 Å². The summed E-state index contributed by atoms with van der Waals surface area (Å²) in [7, 11) is 0. The Labute approximate surface area is 116 Å². The van der Waals surface area contributed by atoms with Crippen LogP contribution in [0, 0.1) is 0 Å². The second-order valence-electron chi connectivity index (χ2n) is 4.92. The largest absolute Gasteiger partial charge is 0.381 e. The van der Waals surface area contributed by atoms with Crippen LogP contribution < -0.4 is 5.73 Å². The molecule has 2 N–H and O–H groups in total. The van der Waals surface area contributed by atoms with Crippen molar-refractivity contribution in [3.63, 3.8) is 0 Å². The molecule has 0 aromatic carbocycles. The van der Waals surface area contributed by atoms with Crippen molar-refractivity contribution in [3.05, 3.63) is 10.8 Å². The van der Waals surface area contributed by atoms with Gasteiger partial charge in [0.2, 0.25) is 4.96 Å². The Kier molecular flexibility index (Phi) is 3.76. The average Bonchev–Trinajstić information content (AvgIpc) is 3.01. The van der Waals surface area contributed by atoms with Gasteiger partial charge in [0.25, 0.3) is 0 Å². The molecule has 0 spiro atoms. The third-order valence-corrected chi connectivity index (χ3v) is 4.80. The summed E-state index contributed by atoms with van der Waals surface area (Å²) >= 11 is 1.61. The van der Waals surface area contributed by atoms with Gasteiger partial charge in [-0.15, -0.1) is 10.2 Å². The van der Waals surface area contributed by atoms with E-state index in [1.165, 1.54) is 0 Å². The normalized spacial score (nSPS) is 19.1. The van der Waals surface area contributed by atoms with Crippen LogP contribution in [0.2, 0.25) is 0 Å². The Balaban J connectivity index is 1.93. The molecular formula is C12H19N5OS. The van der Waals surface area contributed by atoms with Crippen LogP contribution in [0.25, 0.3) is 4.96 Å². The van der Waals surface area contributed by atoms with Crippen LogP contribution in [0.4, 0.5) is 0 Å². The minimum atomic E-state index is 0.328. The molecule has 19 heavy (non-hydrogen) atoms. The molecule has 0 saturated carbocycles. The minimum Gasteiger partial charge on any atom is -0.381 e. The van der Waals surface area contributed by atoms with Crippen molar-refractivity contribution in [2.45, 2.75) is 38.0 Å². The zero-order valence-corrected chi connectivity index (χ0v) is 11.9. The van der Waals surface area contributed by atoms with Gasteiger partial charge in [-0.25, -0.2) is 0 Å². The van der Waals surface area contributed by atoms with E-state index in [1.807, 2.05) is 4.52 Å². The summed E-state index contributed by atoms with van der Waals surface area (Å²) in [6.07, 6.45) is 3.01. The molecule has 1 aliphatic heterocycles. The highest BCUT2D eigenvalue weighted by atomic mass is 32.1. The average molecular weight is 281 g/mol. The molecule has 1 atom stereocenters. The first-order valence-electron chi connectivity index (χ1n) is 6.83. The maximum atomic E-state index is 5.79. The number of hydrogen-bond donors (Lipinski definition) is 1. The molecule has 0 amide bonds. The first-order valence-corrected chi connectivity index (χ1v) is 7.65. The van der Waals surface area contributed by atoms with E-state index in [2.05, 4.69) is 22.2 Å². The van der Waals surface area contributed by atoms with Crippen LogP contribution in [0.3, 0.4) is 0 Å². The summed E-state index contributed by atoms with van der Waals surface area (Å²) in [5, 5.41) is 14.3. The fraction of sp³-hybridized carbons (Fsp3) is 0.750. The molecule has 1 saturated heterocycles. The molecule has 2 aromatic heterocycles. The van der Waals surface area contributed by atoms with Gasteiger partial charge < -0.3 is 10.5 Å². The fourth-order valence-corrected chi connectivity index (χ4v) is 3.51. The summed E-state index contributed by atoms with van der Waals surface area (Å²) in [6.45, 7) is 4.38. The van der Waals surface area contributed by atoms with Gasteiger partial charge in [-0.05, 0) is 19.3 Å². The van der Waals surface area contributed by atoms with E-state index in [0.717, 1.165) is 48.3 Å². The van der Waals surface area contributed by atoms with Crippen molar-refractivity contribution >= 4 is 16.3 Å². The van der Waals surface area contributed by atoms with E-state index in [4.69, 9.17) is 10.5 Å². The minimum absolute atomic E-state index is 0.328. The summed E-state index contributed by atoms with van der Waals surface area (Å²) in [6, 6.07) is 0. The molecule has 1 unspecified atom stereocenters. The van der Waals surface area contributed by atoms with Crippen molar-refractivity contribution in [2.24, 2.45) is 5.73 Å². The summed E-state index contributed by atoms with van der Waals surface area (Å²) < 4.78 is 7.31. The molecular weight excluding hydrogens is 262 g/mol. The quantitative estimate of drug-likeness (QED) is 0.919. The zero-order valence-electron chi connectivity index (χ0n) is 11.1. The molecule has 6 nitrogen and oxygen atoms in total. The van der Waals surface area contributed by atoms with Gasteiger partial charge in [-0.2, -0.15) is 9.61 Å². The fourth-order valence-electron chi connectivity index (χ4n) is 2.46. The van der Waals surface area contributed by atoms with Crippen LogP contribution in [-0.4, -0.2) is 39.6 Å². The standard InChI is InChI=1S/C12H19N5OS/c1-2-8(7-13)11-16-17-10(14-15-12(17)19-11)9-3-5-18-6-4-9/h8-9H,2-7,13H2,1H3. The third-order valence-electron chi connectivity index (χ3n) is 3.74. The van der Waals surface area contributed by atoms with Crippen LogP contribution in [0.5, 0.6) is 0 Å². The number of nitrogens with two attached hydrogens (primary N) is 1. The highest BCUT2D eigenvalue weighted by molar-refractivity contribution is 7.16. The second kappa shape index (κ2) is 5.52. The molecule has 1 aliphatic rings. The van der Waals surface area contributed by atoms with Crippen molar-refractivity contribution in [1.29, 1.82) is 0 Å². The number of rotatable bonds is 4. The smallest absolute Gasteiger partial charge is 0.234 e. The van der Waals surface area contributed by atoms with Crippen LogP contribution in [0.15, 0.2) is 0 Å². The van der Waals surface area contributed by atoms with Gasteiger partial charge in [-0.1, -0.05) is 18.3 Å². The van der Waals surface area contributed by atoms with E-state index < -0.39 is 0 Å². The first kappa shape index (κ1) is 13.0. The van der Waals surface area contributed by atoms with Crippen molar-refractivity contribution in [1.82, 2.24) is 19.8 Å². The van der Waals surface area contributed by atoms with Crippen LogP contribution in [-0.2, 0) is 4.74 Å². The second-order valence-corrected chi connectivity index (χ2v) is 5.91. The van der Waals surface area contributed by atoms with Crippen LogP contribution in [0.1, 0.15) is 48.9 Å². The zero-order chi connectivity index (χ0) is 13.2. The van der Waals surface area contributed by atoms with Crippen molar-refractivity contribution in [2.75, 3.05) is 19.8 Å². The SMILES string of the molecule is CCC(CN)c1nn2c(C3CCOCC3)nnc2s1. The molecule has 0 bridgehead atoms. The Morgan fingerprint density at radius 1 is 1.42 bits per heavy atom. The van der Waals surface area contributed by atoms with Crippen molar-refractivity contribution in [3.8, 4) is 0 Å². The number of fused-ring (bicyclic) bond motifs is 1. The number of aromatic nitrogens is 4. The number of nitrogens with zero attached hydrogens (tertiary/aromatic N) is 4. The molecule has 7 heteroatoms. The Morgan fingerprint density at radius 3 is 2.89 bits per heavy atom. The lowest BCUT2D eigenvalue weighted by molar-refractivity contribution is 0.0831. The molecule has 0 radical (unpaired) electrons. The van der Waals surface area contributed by atoms with Crippen LogP contribution >= 0.6 is 11.3 Å². The van der Waals surface area contributed by atoms with Gasteiger partial charge in [-0.3, -0.25) is 0 Å². The molecule has 1 fully saturated rings. The summed E-state index contributed by atoms with van der Waals surface area (Å²) in [4.78, 5) is 0.878. The lowest BCUT2D eigenvalue weighted by Gasteiger charge is -2.19. The van der Waals surface area contributed by atoms with E-state index in [9.17, 15) is 0 Å². The van der Waals surface area contributed by atoms with Gasteiger partial charge in [0.1, 0.15) is 5.01 Å². The van der Waals surface area contributed by atoms with E-state index >= 15 is 0 Å². The first-order chi connectivity index (χ1) is 9.33. The van der Waals surface area contributed by atoms with Gasteiger partial charge in [0.15, 0.2) is 5.82 Å². The summed E-state index contributed by atoms with van der Waals surface area (Å²) in [5.41, 5.74) is 5.79. The predicted molar refractivity (Wildman–Crippen MR) is 73.5 cm³/mol. The number of ether oxygens (including phenoxy) is 1. The Bertz CT molecular complexity index is 541. The number of hydrogen-bond acceptors (Lipinski definition) is 6. The Morgan fingerprint density at radius 2 is 2.21 bits per heavy atom. The summed E-state index contributed by atoms with van der Waals surface area (Å²) in [5.74, 6) is 1.72. The lowest BCUT2D eigenvalue weighted by Crippen LogP contribution is -2.17. The van der Waals surface area contributed by atoms with Gasteiger partial charge in [0, 0.05) is 31.6 Å². The third kappa shape index (κ3) is 2.37. The van der Waals surface area contributed by atoms with Gasteiger partial charge >= 0.3 is 0 Å². The van der Waals surface area contributed by atoms with E-state index in [-0.39, 0.29) is 0 Å². The topological polar surface area (TPSA) is 78.3 Å². The van der Waals surface area contributed by atoms with E-state index in [0.29, 0.717) is 18.4 Å². The maximum absolute atomic E-state index is 5.79. The monoisotopic (exact) mass is 281 g/mol. The molecule has 104 valence electrons. The maximum Gasteiger partial charge on any atom is 0.234 e. The predicted octanol–water partition coefficient (Wildman–Crippen LogP) is 1.53. The highest BCUT2D eigenvalue weighted by Crippen LogP contribution is 2.29. The lowest BCUT2D eigenvalue weighted by atomic mass is 10.00. The van der Waals surface area contributed by atoms with Gasteiger partial charge in [0.05, 0.1) is 0 Å². The molecule has 2 aromatic rings. The Hall–Kier alpha value is -1.05. The molecule has 0 aliphatic carbocycles. The highest BCUT2D eigenvalue weighted by Gasteiger charge is 2.24. The molecule has 3 heterocycles. The van der Waals surface area contributed by atoms with E-state index in [1.54, 1.807) is 11.3 Å². The molecule has 3 rings (SSSR count).